The minimum atomic E-state index is -0.459. The van der Waals surface area contributed by atoms with Gasteiger partial charge in [0.25, 0.3) is 0 Å². The maximum Gasteiger partial charge on any atom is 0.321 e. The Bertz CT molecular complexity index is 668. The van der Waals surface area contributed by atoms with Crippen molar-refractivity contribution in [1.82, 2.24) is 20.0 Å². The highest BCUT2D eigenvalue weighted by atomic mass is 32.2. The first-order valence-corrected chi connectivity index (χ1v) is 8.02. The molecule has 0 aliphatic heterocycles. The molecule has 2 aromatic heterocycles. The molecule has 1 atom stereocenters. The van der Waals surface area contributed by atoms with E-state index in [-0.39, 0.29) is 5.91 Å². The molecule has 0 aliphatic carbocycles. The van der Waals surface area contributed by atoms with E-state index in [1.807, 2.05) is 42.6 Å². The van der Waals surface area contributed by atoms with Crippen LogP contribution in [-0.2, 0) is 4.79 Å². The summed E-state index contributed by atoms with van der Waals surface area (Å²) in [5.41, 5.74) is 0.965. The number of hydrogen-bond donors (Lipinski definition) is 2. The molecule has 1 unspecified atom stereocenters. The number of nitrogens with zero attached hydrogens (tertiary/aromatic N) is 2. The Kier molecular flexibility index (Phi) is 5.43. The number of thioether (sulfide) groups is 1. The van der Waals surface area contributed by atoms with Crippen molar-refractivity contribution in [1.29, 1.82) is 0 Å². The van der Waals surface area contributed by atoms with Gasteiger partial charge in [-0.3, -0.25) is 14.5 Å². The number of rotatable bonds is 5. The van der Waals surface area contributed by atoms with Crippen LogP contribution in [0.15, 0.2) is 35.7 Å². The van der Waals surface area contributed by atoms with Crippen molar-refractivity contribution in [3.8, 4) is 0 Å². The van der Waals surface area contributed by atoms with E-state index in [1.54, 1.807) is 13.1 Å². The molecule has 6 nitrogen and oxygen atoms in total. The molecule has 0 fully saturated rings. The SMILES string of the molecule is CC(C)CNC(=O)NC(=O)C(C)Sc1ncc2ccccn12. The second-order valence-electron chi connectivity index (χ2n) is 5.39. The van der Waals surface area contributed by atoms with Gasteiger partial charge in [0.05, 0.1) is 17.0 Å². The van der Waals surface area contributed by atoms with Gasteiger partial charge in [-0.15, -0.1) is 0 Å². The molecule has 0 bridgehead atoms. The van der Waals surface area contributed by atoms with E-state index in [4.69, 9.17) is 0 Å². The summed E-state index contributed by atoms with van der Waals surface area (Å²) in [5, 5.41) is 5.31. The number of carbonyl (C=O) groups excluding carboxylic acids is 2. The normalized spacial score (nSPS) is 12.4. The van der Waals surface area contributed by atoms with E-state index >= 15 is 0 Å². The zero-order valence-electron chi connectivity index (χ0n) is 12.9. The number of imide groups is 1. The van der Waals surface area contributed by atoms with Gasteiger partial charge in [-0.1, -0.05) is 31.7 Å². The molecule has 0 aromatic carbocycles. The summed E-state index contributed by atoms with van der Waals surface area (Å²) in [7, 11) is 0. The highest BCUT2D eigenvalue weighted by molar-refractivity contribution is 8.00. The van der Waals surface area contributed by atoms with Crippen molar-refractivity contribution >= 4 is 29.2 Å². The first-order chi connectivity index (χ1) is 10.5. The van der Waals surface area contributed by atoms with Crippen LogP contribution in [0.3, 0.4) is 0 Å². The highest BCUT2D eigenvalue weighted by Gasteiger charge is 2.19. The molecule has 118 valence electrons. The summed E-state index contributed by atoms with van der Waals surface area (Å²) in [6, 6.07) is 5.32. The van der Waals surface area contributed by atoms with Crippen LogP contribution in [0.25, 0.3) is 5.52 Å². The van der Waals surface area contributed by atoms with Crippen LogP contribution in [0.1, 0.15) is 20.8 Å². The van der Waals surface area contributed by atoms with Crippen molar-refractivity contribution < 1.29 is 9.59 Å². The summed E-state index contributed by atoms with van der Waals surface area (Å²) < 4.78 is 1.91. The van der Waals surface area contributed by atoms with E-state index in [0.717, 1.165) is 10.7 Å². The molecule has 2 rings (SSSR count). The fourth-order valence-corrected chi connectivity index (χ4v) is 2.65. The number of aromatic nitrogens is 2. The largest absolute Gasteiger partial charge is 0.338 e. The first-order valence-electron chi connectivity index (χ1n) is 7.15. The number of amides is 3. The fraction of sp³-hybridized carbons (Fsp3) is 0.400. The van der Waals surface area contributed by atoms with Gasteiger partial charge in [-0.05, 0) is 25.0 Å². The molecular weight excluding hydrogens is 300 g/mol. The average molecular weight is 320 g/mol. The summed E-state index contributed by atoms with van der Waals surface area (Å²) in [4.78, 5) is 27.9. The monoisotopic (exact) mass is 320 g/mol. The lowest BCUT2D eigenvalue weighted by Crippen LogP contribution is -2.43. The Hall–Kier alpha value is -2.02. The molecule has 0 saturated carbocycles. The summed E-state index contributed by atoms with van der Waals surface area (Å²) in [5.74, 6) is 0.00266. The van der Waals surface area contributed by atoms with Crippen LogP contribution in [0.2, 0.25) is 0 Å². The molecule has 2 aromatic rings. The van der Waals surface area contributed by atoms with Gasteiger partial charge in [0.2, 0.25) is 5.91 Å². The van der Waals surface area contributed by atoms with Crippen LogP contribution in [0.5, 0.6) is 0 Å². The van der Waals surface area contributed by atoms with Crippen LogP contribution in [-0.4, -0.2) is 33.1 Å². The van der Waals surface area contributed by atoms with Gasteiger partial charge in [0.15, 0.2) is 5.16 Å². The lowest BCUT2D eigenvalue weighted by Gasteiger charge is -2.12. The molecule has 0 spiro atoms. The quantitative estimate of drug-likeness (QED) is 0.829. The number of fused-ring (bicyclic) bond motifs is 1. The van der Waals surface area contributed by atoms with Gasteiger partial charge < -0.3 is 5.32 Å². The van der Waals surface area contributed by atoms with Crippen molar-refractivity contribution in [2.75, 3.05) is 6.54 Å². The second-order valence-corrected chi connectivity index (χ2v) is 6.70. The summed E-state index contributed by atoms with van der Waals surface area (Å²) >= 11 is 1.31. The number of hydrogen-bond acceptors (Lipinski definition) is 4. The molecule has 0 radical (unpaired) electrons. The summed E-state index contributed by atoms with van der Waals surface area (Å²) in [6.45, 7) is 6.26. The van der Waals surface area contributed by atoms with E-state index < -0.39 is 11.3 Å². The molecule has 3 amide bonds. The minimum absolute atomic E-state index is 0.334. The topological polar surface area (TPSA) is 75.5 Å². The lowest BCUT2D eigenvalue weighted by atomic mass is 10.2. The first kappa shape index (κ1) is 16.4. The molecule has 22 heavy (non-hydrogen) atoms. The Morgan fingerprint density at radius 3 is 2.82 bits per heavy atom. The van der Waals surface area contributed by atoms with Crippen LogP contribution in [0.4, 0.5) is 4.79 Å². The Balaban J connectivity index is 1.92. The zero-order valence-corrected chi connectivity index (χ0v) is 13.7. The Morgan fingerprint density at radius 2 is 2.09 bits per heavy atom. The summed E-state index contributed by atoms with van der Waals surface area (Å²) in [6.07, 6.45) is 3.65. The van der Waals surface area contributed by atoms with E-state index in [0.29, 0.717) is 12.5 Å². The Labute approximate surface area is 133 Å². The third-order valence-corrected chi connectivity index (χ3v) is 4.04. The molecule has 7 heteroatoms. The number of carbonyl (C=O) groups is 2. The van der Waals surface area contributed by atoms with Crippen molar-refractivity contribution in [2.45, 2.75) is 31.2 Å². The molecule has 0 aliphatic rings. The molecular formula is C15H20N4O2S. The van der Waals surface area contributed by atoms with Gasteiger partial charge >= 0.3 is 6.03 Å². The van der Waals surface area contributed by atoms with Crippen LogP contribution >= 0.6 is 11.8 Å². The van der Waals surface area contributed by atoms with Crippen LogP contribution < -0.4 is 10.6 Å². The molecule has 0 saturated heterocycles. The van der Waals surface area contributed by atoms with E-state index in [2.05, 4.69) is 15.6 Å². The predicted molar refractivity (Wildman–Crippen MR) is 86.9 cm³/mol. The van der Waals surface area contributed by atoms with E-state index in [1.165, 1.54) is 11.8 Å². The zero-order chi connectivity index (χ0) is 16.1. The minimum Gasteiger partial charge on any atom is -0.338 e. The standard InChI is InChI=1S/C15H20N4O2S/c1-10(2)8-16-14(21)18-13(20)11(3)22-15-17-9-12-6-4-5-7-19(12)15/h4-7,9-11H,8H2,1-3H3,(H2,16,18,20,21). The van der Waals surface area contributed by atoms with Crippen molar-refractivity contribution in [3.63, 3.8) is 0 Å². The van der Waals surface area contributed by atoms with Gasteiger partial charge in [-0.25, -0.2) is 9.78 Å². The van der Waals surface area contributed by atoms with Crippen LogP contribution in [0, 0.1) is 5.92 Å². The fourth-order valence-electron chi connectivity index (χ4n) is 1.77. The van der Waals surface area contributed by atoms with E-state index in [9.17, 15) is 9.59 Å². The number of urea groups is 1. The second kappa shape index (κ2) is 7.31. The third kappa shape index (κ3) is 4.24. The number of pyridine rings is 1. The Morgan fingerprint density at radius 1 is 1.32 bits per heavy atom. The van der Waals surface area contributed by atoms with Gasteiger partial charge in [-0.2, -0.15) is 0 Å². The van der Waals surface area contributed by atoms with Gasteiger partial charge in [0.1, 0.15) is 0 Å². The smallest absolute Gasteiger partial charge is 0.321 e. The number of nitrogens with one attached hydrogen (secondary N) is 2. The number of imidazole rings is 1. The van der Waals surface area contributed by atoms with Crippen molar-refractivity contribution in [2.24, 2.45) is 5.92 Å². The maximum absolute atomic E-state index is 12.0. The highest BCUT2D eigenvalue weighted by Crippen LogP contribution is 2.23. The maximum atomic E-state index is 12.0. The average Bonchev–Trinajstić information content (AvgIpc) is 2.88. The van der Waals surface area contributed by atoms with Crippen molar-refractivity contribution in [3.05, 3.63) is 30.6 Å². The predicted octanol–water partition coefficient (Wildman–Crippen LogP) is 2.30. The lowest BCUT2D eigenvalue weighted by molar-refractivity contribution is -0.119. The third-order valence-electron chi connectivity index (χ3n) is 2.96. The molecule has 2 heterocycles. The van der Waals surface area contributed by atoms with Gasteiger partial charge in [0, 0.05) is 12.7 Å². The molecule has 2 N–H and O–H groups in total.